The summed E-state index contributed by atoms with van der Waals surface area (Å²) in [6.45, 7) is 6.18. The van der Waals surface area contributed by atoms with E-state index in [1.807, 2.05) is 36.4 Å². The molecule has 1 fully saturated rings. The van der Waals surface area contributed by atoms with Crippen LogP contribution >= 0.6 is 0 Å². The summed E-state index contributed by atoms with van der Waals surface area (Å²) in [5.41, 5.74) is 2.56. The predicted octanol–water partition coefficient (Wildman–Crippen LogP) is 5.04. The molecule has 1 saturated heterocycles. The third-order valence-electron chi connectivity index (χ3n) is 5.12. The Kier molecular flexibility index (Phi) is 7.67. The van der Waals surface area contributed by atoms with Crippen molar-refractivity contribution in [2.75, 3.05) is 33.0 Å². The lowest BCUT2D eigenvalue weighted by Crippen LogP contribution is -2.43. The van der Waals surface area contributed by atoms with Crippen molar-refractivity contribution >= 4 is 5.97 Å². The molecule has 29 heavy (non-hydrogen) atoms. The van der Waals surface area contributed by atoms with Crippen LogP contribution < -0.4 is 4.74 Å². The molecule has 0 radical (unpaired) electrons. The molecule has 5 heteroatoms. The summed E-state index contributed by atoms with van der Waals surface area (Å²) in [7, 11) is 0. The van der Waals surface area contributed by atoms with Crippen molar-refractivity contribution in [2.45, 2.75) is 32.6 Å². The summed E-state index contributed by atoms with van der Waals surface area (Å²) in [5, 5.41) is 8.97. The summed E-state index contributed by atoms with van der Waals surface area (Å²) in [6, 6.07) is 14.8. The molecule has 2 aromatic carbocycles. The Balaban J connectivity index is 1.27. The Labute approximate surface area is 172 Å². The zero-order chi connectivity index (χ0) is 20.5. The fourth-order valence-electron chi connectivity index (χ4n) is 3.25. The van der Waals surface area contributed by atoms with Gasteiger partial charge in [-0.05, 0) is 54.7 Å². The molecule has 1 N–H and O–H groups in total. The Bertz CT molecular complexity index is 763. The largest absolute Gasteiger partial charge is 0.494 e. The van der Waals surface area contributed by atoms with Gasteiger partial charge in [0.2, 0.25) is 0 Å². The minimum absolute atomic E-state index is 0.241. The van der Waals surface area contributed by atoms with Gasteiger partial charge in [0.1, 0.15) is 5.75 Å². The highest BCUT2D eigenvalue weighted by Crippen LogP contribution is 2.26. The lowest BCUT2D eigenvalue weighted by molar-refractivity contribution is -0.137. The molecule has 2 aromatic rings. The molecule has 1 heterocycles. The maximum Gasteiger partial charge on any atom is 0.335 e. The molecule has 0 unspecified atom stereocenters. The number of carboxylic acid groups (broad SMARTS) is 1. The van der Waals surface area contributed by atoms with Gasteiger partial charge >= 0.3 is 5.97 Å². The summed E-state index contributed by atoms with van der Waals surface area (Å²) < 4.78 is 16.8. The van der Waals surface area contributed by atoms with Crippen LogP contribution in [0.5, 0.6) is 5.75 Å². The molecule has 1 aliphatic heterocycles. The summed E-state index contributed by atoms with van der Waals surface area (Å²) in [4.78, 5) is 10.9. The minimum atomic E-state index is -0.911. The minimum Gasteiger partial charge on any atom is -0.494 e. The number of hydrogen-bond donors (Lipinski definition) is 1. The second-order valence-corrected chi connectivity index (χ2v) is 8.03. The average Bonchev–Trinajstić information content (AvgIpc) is 2.72. The van der Waals surface area contributed by atoms with Crippen LogP contribution in [0.3, 0.4) is 0 Å². The first-order chi connectivity index (χ1) is 14.1. The van der Waals surface area contributed by atoms with Crippen LogP contribution in [0.1, 0.15) is 43.0 Å². The van der Waals surface area contributed by atoms with E-state index in [1.165, 1.54) is 0 Å². The van der Waals surface area contributed by atoms with E-state index in [0.717, 1.165) is 69.0 Å². The summed E-state index contributed by atoms with van der Waals surface area (Å²) >= 11 is 0. The molecule has 0 aliphatic carbocycles. The molecule has 0 atom stereocenters. The highest BCUT2D eigenvalue weighted by molar-refractivity contribution is 5.88. The van der Waals surface area contributed by atoms with E-state index in [0.29, 0.717) is 12.2 Å². The number of aromatic carboxylic acids is 1. The van der Waals surface area contributed by atoms with Crippen molar-refractivity contribution in [1.29, 1.82) is 0 Å². The molecule has 0 aromatic heterocycles. The van der Waals surface area contributed by atoms with Gasteiger partial charge in [0.25, 0.3) is 0 Å². The van der Waals surface area contributed by atoms with E-state index in [1.54, 1.807) is 12.1 Å². The zero-order valence-electron chi connectivity index (χ0n) is 17.1. The van der Waals surface area contributed by atoms with E-state index < -0.39 is 5.97 Å². The molecule has 0 amide bonds. The number of ether oxygens (including phenoxy) is 3. The fraction of sp³-hybridized carbons (Fsp3) is 0.458. The zero-order valence-corrected chi connectivity index (χ0v) is 17.1. The van der Waals surface area contributed by atoms with Crippen LogP contribution in [-0.4, -0.2) is 44.1 Å². The van der Waals surface area contributed by atoms with Gasteiger partial charge in [0.15, 0.2) is 0 Å². The van der Waals surface area contributed by atoms with Crippen molar-refractivity contribution in [2.24, 2.45) is 5.41 Å². The summed E-state index contributed by atoms with van der Waals surface area (Å²) in [6.07, 6.45) is 4.41. The Hall–Kier alpha value is -2.37. The first-order valence-electron chi connectivity index (χ1n) is 10.3. The monoisotopic (exact) mass is 398 g/mol. The second-order valence-electron chi connectivity index (χ2n) is 8.03. The Morgan fingerprint density at radius 1 is 0.931 bits per heavy atom. The van der Waals surface area contributed by atoms with Crippen molar-refractivity contribution in [3.8, 4) is 16.9 Å². The van der Waals surface area contributed by atoms with Gasteiger partial charge in [-0.15, -0.1) is 0 Å². The maximum atomic E-state index is 10.9. The van der Waals surface area contributed by atoms with E-state index >= 15 is 0 Å². The topological polar surface area (TPSA) is 65.0 Å². The van der Waals surface area contributed by atoms with Crippen LogP contribution in [0.2, 0.25) is 0 Å². The smallest absolute Gasteiger partial charge is 0.335 e. The highest BCUT2D eigenvalue weighted by Gasteiger charge is 2.33. The van der Waals surface area contributed by atoms with E-state index in [-0.39, 0.29) is 5.41 Å². The lowest BCUT2D eigenvalue weighted by atomic mass is 9.90. The quantitative estimate of drug-likeness (QED) is 0.507. The number of carbonyl (C=O) groups is 1. The number of unbranched alkanes of at least 4 members (excludes halogenated alkanes) is 3. The SMILES string of the molecule is CC1(COCCCCCCOc2ccc(-c3ccc(C(=O)O)cc3)cc2)COC1. The molecule has 3 rings (SSSR count). The Morgan fingerprint density at radius 3 is 2.07 bits per heavy atom. The normalized spacial score (nSPS) is 14.9. The van der Waals surface area contributed by atoms with Gasteiger partial charge in [-0.25, -0.2) is 4.79 Å². The first kappa shape index (κ1) is 21.3. The second kappa shape index (κ2) is 10.4. The fourth-order valence-corrected chi connectivity index (χ4v) is 3.25. The van der Waals surface area contributed by atoms with Crippen LogP contribution in [0.15, 0.2) is 48.5 Å². The van der Waals surface area contributed by atoms with Crippen molar-refractivity contribution in [3.05, 3.63) is 54.1 Å². The molecule has 1 aliphatic rings. The molecular weight excluding hydrogens is 368 g/mol. The number of hydrogen-bond acceptors (Lipinski definition) is 4. The van der Waals surface area contributed by atoms with Gasteiger partial charge in [0, 0.05) is 12.0 Å². The van der Waals surface area contributed by atoms with E-state index in [4.69, 9.17) is 19.3 Å². The molecule has 5 nitrogen and oxygen atoms in total. The van der Waals surface area contributed by atoms with E-state index in [9.17, 15) is 4.79 Å². The van der Waals surface area contributed by atoms with Crippen LogP contribution in [0.4, 0.5) is 0 Å². The standard InChI is InChI=1S/C24H30O5/c1-24(17-28-18-24)16-27-14-4-2-3-5-15-29-22-12-10-20(11-13-22)19-6-8-21(9-7-19)23(25)26/h6-13H,2-5,14-18H2,1H3,(H,25,26). The number of benzene rings is 2. The predicted molar refractivity (Wildman–Crippen MR) is 113 cm³/mol. The summed E-state index contributed by atoms with van der Waals surface area (Å²) in [5.74, 6) is -0.0545. The van der Waals surface area contributed by atoms with Gasteiger partial charge in [-0.2, -0.15) is 0 Å². The first-order valence-corrected chi connectivity index (χ1v) is 10.3. The van der Waals surface area contributed by atoms with Gasteiger partial charge in [-0.1, -0.05) is 37.6 Å². The average molecular weight is 398 g/mol. The maximum absolute atomic E-state index is 10.9. The molecule has 156 valence electrons. The third kappa shape index (κ3) is 6.58. The van der Waals surface area contributed by atoms with Gasteiger partial charge in [-0.3, -0.25) is 0 Å². The third-order valence-corrected chi connectivity index (χ3v) is 5.12. The number of carboxylic acids is 1. The van der Waals surface area contributed by atoms with Crippen molar-refractivity contribution in [1.82, 2.24) is 0 Å². The van der Waals surface area contributed by atoms with Crippen LogP contribution in [0.25, 0.3) is 11.1 Å². The van der Waals surface area contributed by atoms with Crippen molar-refractivity contribution in [3.63, 3.8) is 0 Å². The van der Waals surface area contributed by atoms with Gasteiger partial charge in [0.05, 0.1) is 32.0 Å². The lowest BCUT2D eigenvalue weighted by Gasteiger charge is -2.37. The van der Waals surface area contributed by atoms with Crippen molar-refractivity contribution < 1.29 is 24.1 Å². The van der Waals surface area contributed by atoms with Crippen LogP contribution in [-0.2, 0) is 9.47 Å². The molecule has 0 spiro atoms. The van der Waals surface area contributed by atoms with Crippen LogP contribution in [0, 0.1) is 5.41 Å². The molecule has 0 bridgehead atoms. The van der Waals surface area contributed by atoms with Gasteiger partial charge < -0.3 is 19.3 Å². The molecular formula is C24H30O5. The van der Waals surface area contributed by atoms with E-state index in [2.05, 4.69) is 6.92 Å². The Morgan fingerprint density at radius 2 is 1.52 bits per heavy atom. The number of rotatable bonds is 12. The molecule has 0 saturated carbocycles. The highest BCUT2D eigenvalue weighted by atomic mass is 16.5.